The molecule has 2 aromatic carbocycles. The number of aromatic nitrogens is 3. The molecule has 0 spiro atoms. The van der Waals surface area contributed by atoms with E-state index in [9.17, 15) is 4.79 Å². The Balaban J connectivity index is 1.13. The zero-order valence-electron chi connectivity index (χ0n) is 27.7. The van der Waals surface area contributed by atoms with Gasteiger partial charge in [-0.3, -0.25) is 4.90 Å². The summed E-state index contributed by atoms with van der Waals surface area (Å²) < 4.78 is 22.6. The molecule has 2 aliphatic heterocycles. The van der Waals surface area contributed by atoms with Gasteiger partial charge in [0.2, 0.25) is 0 Å². The third kappa shape index (κ3) is 7.91. The normalized spacial score (nSPS) is 17.6. The maximum atomic E-state index is 15.1. The lowest BCUT2D eigenvalue weighted by atomic mass is 10.00. The number of halogens is 1. The predicted molar refractivity (Wildman–Crippen MR) is 184 cm³/mol. The summed E-state index contributed by atoms with van der Waals surface area (Å²) in [5.41, 5.74) is 7.08. The number of carbonyl (C=O) groups excluding carboxylic acids is 1. The van der Waals surface area contributed by atoms with Crippen LogP contribution < -0.4 is 21.3 Å². The van der Waals surface area contributed by atoms with Crippen molar-refractivity contribution in [2.24, 2.45) is 0 Å². The number of anilines is 1. The van der Waals surface area contributed by atoms with E-state index in [4.69, 9.17) is 9.72 Å². The van der Waals surface area contributed by atoms with E-state index in [0.29, 0.717) is 18.2 Å². The van der Waals surface area contributed by atoms with Crippen LogP contribution in [0, 0.1) is 5.82 Å². The van der Waals surface area contributed by atoms with Gasteiger partial charge in [0.05, 0.1) is 17.3 Å². The first kappa shape index (κ1) is 32.9. The van der Waals surface area contributed by atoms with E-state index < -0.39 is 0 Å². The van der Waals surface area contributed by atoms with Crippen LogP contribution >= 0.6 is 0 Å². The molecule has 10 nitrogen and oxygen atoms in total. The average molecular weight is 643 g/mol. The van der Waals surface area contributed by atoms with Crippen LogP contribution in [-0.2, 0) is 37.3 Å². The molecule has 2 aliphatic rings. The van der Waals surface area contributed by atoms with Crippen molar-refractivity contribution in [3.8, 4) is 11.1 Å². The fraction of sp³-hybridized carbons (Fsp3) is 0.472. The molecule has 0 radical (unpaired) electrons. The average Bonchev–Trinajstić information content (AvgIpc) is 3.50. The van der Waals surface area contributed by atoms with Crippen molar-refractivity contribution in [2.45, 2.75) is 78.3 Å². The number of pyridine rings is 1. The third-order valence-corrected chi connectivity index (χ3v) is 9.18. The number of amides is 2. The molecule has 250 valence electrons. The Morgan fingerprint density at radius 3 is 2.70 bits per heavy atom. The third-order valence-electron chi connectivity index (χ3n) is 9.18. The number of piperazine rings is 1. The van der Waals surface area contributed by atoms with Crippen molar-refractivity contribution in [3.63, 3.8) is 0 Å². The lowest BCUT2D eigenvalue weighted by Gasteiger charge is -2.31. The van der Waals surface area contributed by atoms with Gasteiger partial charge in [0.15, 0.2) is 5.65 Å². The van der Waals surface area contributed by atoms with Crippen molar-refractivity contribution in [1.82, 2.24) is 35.6 Å². The van der Waals surface area contributed by atoms with Crippen molar-refractivity contribution < 1.29 is 13.9 Å². The second-order valence-corrected chi connectivity index (χ2v) is 12.6. The molecular weight excluding hydrogens is 595 g/mol. The maximum Gasteiger partial charge on any atom is 0.315 e. The topological polar surface area (TPSA) is 108 Å². The number of aryl methyl sites for hydroxylation is 2. The van der Waals surface area contributed by atoms with Gasteiger partial charge in [-0.15, -0.1) is 0 Å². The van der Waals surface area contributed by atoms with Gasteiger partial charge in [-0.2, -0.15) is 5.10 Å². The van der Waals surface area contributed by atoms with Crippen LogP contribution in [0.15, 0.2) is 48.7 Å². The lowest BCUT2D eigenvalue weighted by Crippen LogP contribution is -2.48. The van der Waals surface area contributed by atoms with E-state index in [0.717, 1.165) is 110 Å². The van der Waals surface area contributed by atoms with Gasteiger partial charge in [-0.1, -0.05) is 31.2 Å². The van der Waals surface area contributed by atoms with Crippen molar-refractivity contribution >= 4 is 22.8 Å². The smallest absolute Gasteiger partial charge is 0.315 e. The highest BCUT2D eigenvalue weighted by Gasteiger charge is 2.22. The zero-order chi connectivity index (χ0) is 32.8. The molecule has 4 aromatic rings. The van der Waals surface area contributed by atoms with Crippen LogP contribution in [0.25, 0.3) is 22.2 Å². The number of hydrogen-bond acceptors (Lipinski definition) is 7. The highest BCUT2D eigenvalue weighted by Crippen LogP contribution is 2.31. The Hall–Kier alpha value is -4.06. The summed E-state index contributed by atoms with van der Waals surface area (Å²) in [5.74, 6) is -0.280. The zero-order valence-corrected chi connectivity index (χ0v) is 27.7. The number of fused-ring (bicyclic) bond motifs is 1. The molecule has 0 bridgehead atoms. The summed E-state index contributed by atoms with van der Waals surface area (Å²) in [7, 11) is 0. The van der Waals surface area contributed by atoms with Crippen LogP contribution in [0.1, 0.15) is 56.0 Å². The van der Waals surface area contributed by atoms with Crippen molar-refractivity contribution in [1.29, 1.82) is 0 Å². The monoisotopic (exact) mass is 642 g/mol. The van der Waals surface area contributed by atoms with Gasteiger partial charge in [-0.25, -0.2) is 18.9 Å². The van der Waals surface area contributed by atoms with Gasteiger partial charge in [-0.05, 0) is 68.0 Å². The number of rotatable bonds is 11. The van der Waals surface area contributed by atoms with Crippen LogP contribution in [0.2, 0.25) is 0 Å². The second kappa shape index (κ2) is 15.2. The summed E-state index contributed by atoms with van der Waals surface area (Å²) >= 11 is 0. The first-order valence-corrected chi connectivity index (χ1v) is 17.0. The summed E-state index contributed by atoms with van der Waals surface area (Å²) in [5, 5.41) is 18.8. The minimum Gasteiger partial charge on any atom is -0.381 e. The van der Waals surface area contributed by atoms with E-state index >= 15 is 4.39 Å². The maximum absolute atomic E-state index is 15.1. The number of ether oxygens (including phenoxy) is 1. The Morgan fingerprint density at radius 2 is 1.91 bits per heavy atom. The van der Waals surface area contributed by atoms with E-state index in [2.05, 4.69) is 64.2 Å². The van der Waals surface area contributed by atoms with E-state index in [-0.39, 0.29) is 24.4 Å². The van der Waals surface area contributed by atoms with Gasteiger partial charge in [0.25, 0.3) is 0 Å². The van der Waals surface area contributed by atoms with E-state index in [1.54, 1.807) is 6.07 Å². The number of carbonyl (C=O) groups is 1. The summed E-state index contributed by atoms with van der Waals surface area (Å²) in [4.78, 5) is 20.5. The molecule has 2 amide bonds. The number of hydrogen-bond donors (Lipinski definition) is 4. The van der Waals surface area contributed by atoms with Crippen LogP contribution in [-0.4, -0.2) is 70.6 Å². The quantitative estimate of drug-likeness (QED) is 0.178. The van der Waals surface area contributed by atoms with Gasteiger partial charge < -0.3 is 26.0 Å². The molecular formula is C36H47FN8O2. The van der Waals surface area contributed by atoms with Crippen LogP contribution in [0.4, 0.5) is 14.9 Å². The standard InChI is InChI=1S/C36H47FN8O2/c1-4-33-30(34(42-28-11-15-47-16-12-28)31-21-41-45(5-2)35(31)43-33)20-40-36(46)39-19-25-9-10-32(37)29(18-25)27-8-6-7-26(17-27)23-44-14-13-38-24(3)22-44/h6-10,17-18,21,24,28,38H,4-5,11-16,19-20,22-23H2,1-3H3,(H,42,43)(H2,39,40,46)/t24-/m1/s1. The number of nitrogens with zero attached hydrogens (tertiary/aromatic N) is 4. The first-order valence-electron chi connectivity index (χ1n) is 17.0. The SMILES string of the molecule is CCc1nc2c(cnn2CC)c(NC2CCOCC2)c1CNC(=O)NCc1ccc(F)c(-c2cccc(CN3CCN[C@H](C)C3)c2)c1. The predicted octanol–water partition coefficient (Wildman–Crippen LogP) is 5.20. The highest BCUT2D eigenvalue weighted by molar-refractivity contribution is 5.92. The Labute approximate surface area is 276 Å². The van der Waals surface area contributed by atoms with Crippen molar-refractivity contribution in [2.75, 3.05) is 38.2 Å². The summed E-state index contributed by atoms with van der Waals surface area (Å²) in [6, 6.07) is 13.6. The molecule has 4 heterocycles. The van der Waals surface area contributed by atoms with Gasteiger partial charge >= 0.3 is 6.03 Å². The summed E-state index contributed by atoms with van der Waals surface area (Å²) in [6.07, 6.45) is 4.42. The van der Waals surface area contributed by atoms with Gasteiger partial charge in [0.1, 0.15) is 5.82 Å². The first-order chi connectivity index (χ1) is 22.9. The molecule has 11 heteroatoms. The fourth-order valence-electron chi connectivity index (χ4n) is 6.67. The van der Waals surface area contributed by atoms with E-state index in [1.165, 1.54) is 6.07 Å². The largest absolute Gasteiger partial charge is 0.381 e. The molecule has 4 N–H and O–H groups in total. The minimum atomic E-state index is -0.299. The molecule has 0 unspecified atom stereocenters. The van der Waals surface area contributed by atoms with Crippen molar-refractivity contribution in [3.05, 3.63) is 76.9 Å². The molecule has 6 rings (SSSR count). The Bertz CT molecular complexity index is 1690. The molecule has 2 aromatic heterocycles. The highest BCUT2D eigenvalue weighted by atomic mass is 19.1. The van der Waals surface area contributed by atoms with E-state index in [1.807, 2.05) is 29.1 Å². The number of nitrogens with one attached hydrogen (secondary N) is 4. The Morgan fingerprint density at radius 1 is 1.09 bits per heavy atom. The summed E-state index contributed by atoms with van der Waals surface area (Å²) in [6.45, 7) is 12.9. The Kier molecular flexibility index (Phi) is 10.6. The van der Waals surface area contributed by atoms with Crippen LogP contribution in [0.3, 0.4) is 0 Å². The number of urea groups is 1. The molecule has 2 saturated heterocycles. The van der Waals surface area contributed by atoms with Gasteiger partial charge in [0, 0.05) is 87.9 Å². The minimum absolute atomic E-state index is 0.270. The number of benzene rings is 2. The molecule has 0 saturated carbocycles. The van der Waals surface area contributed by atoms with Crippen LogP contribution in [0.5, 0.6) is 0 Å². The molecule has 2 fully saturated rings. The second-order valence-electron chi connectivity index (χ2n) is 12.6. The molecule has 1 atom stereocenters. The lowest BCUT2D eigenvalue weighted by molar-refractivity contribution is 0.0904. The molecule has 0 aliphatic carbocycles. The fourth-order valence-corrected chi connectivity index (χ4v) is 6.67. The molecule has 47 heavy (non-hydrogen) atoms.